The minimum atomic E-state index is -3.05. The van der Waals surface area contributed by atoms with E-state index in [0.29, 0.717) is 10.6 Å². The number of rotatable bonds is 5. The smallest absolute Gasteiger partial charge is 0.251 e. The van der Waals surface area contributed by atoms with E-state index in [4.69, 9.17) is 11.6 Å². The summed E-state index contributed by atoms with van der Waals surface area (Å²) in [4.78, 5) is 11.7. The van der Waals surface area contributed by atoms with Crippen molar-refractivity contribution in [2.75, 3.05) is 18.1 Å². The molecule has 0 fully saturated rings. The number of carbonyl (C=O) groups is 1. The maximum absolute atomic E-state index is 11.7. The van der Waals surface area contributed by atoms with Crippen LogP contribution in [0.15, 0.2) is 18.2 Å². The highest BCUT2D eigenvalue weighted by atomic mass is 127. The molecule has 0 aliphatic rings. The highest BCUT2D eigenvalue weighted by molar-refractivity contribution is 14.1. The quantitative estimate of drug-likeness (QED) is 0.769. The Hall–Kier alpha value is -0.340. The van der Waals surface area contributed by atoms with Crippen molar-refractivity contribution in [3.05, 3.63) is 32.4 Å². The second kappa shape index (κ2) is 6.72. The van der Waals surface area contributed by atoms with Gasteiger partial charge in [-0.05, 0) is 40.8 Å². The Labute approximate surface area is 125 Å². The predicted molar refractivity (Wildman–Crippen MR) is 80.8 cm³/mol. The van der Waals surface area contributed by atoms with Gasteiger partial charge in [-0.25, -0.2) is 8.42 Å². The zero-order valence-corrected chi connectivity index (χ0v) is 13.5. The normalized spacial score (nSPS) is 11.3. The van der Waals surface area contributed by atoms with E-state index in [1.165, 1.54) is 0 Å². The summed E-state index contributed by atoms with van der Waals surface area (Å²) in [7, 11) is -3.05. The lowest BCUT2D eigenvalue weighted by molar-refractivity contribution is 0.0956. The summed E-state index contributed by atoms with van der Waals surface area (Å²) < 4.78 is 23.3. The Kier molecular flexibility index (Phi) is 5.87. The van der Waals surface area contributed by atoms with Gasteiger partial charge in [-0.3, -0.25) is 4.79 Å². The van der Waals surface area contributed by atoms with Crippen LogP contribution in [0.2, 0.25) is 5.02 Å². The van der Waals surface area contributed by atoms with Crippen molar-refractivity contribution in [3.63, 3.8) is 0 Å². The lowest BCUT2D eigenvalue weighted by Crippen LogP contribution is -2.29. The first-order valence-corrected chi connectivity index (χ1v) is 8.57. The molecule has 0 unspecified atom stereocenters. The first-order chi connectivity index (χ1) is 8.35. The molecule has 0 aromatic heterocycles. The Morgan fingerprint density at radius 3 is 2.67 bits per heavy atom. The van der Waals surface area contributed by atoms with Crippen LogP contribution < -0.4 is 5.32 Å². The van der Waals surface area contributed by atoms with Crippen LogP contribution in [0.25, 0.3) is 0 Å². The molecule has 0 saturated heterocycles. The molecule has 0 atom stereocenters. The van der Waals surface area contributed by atoms with Gasteiger partial charge in [0.15, 0.2) is 9.84 Å². The molecule has 0 spiro atoms. The van der Waals surface area contributed by atoms with E-state index in [-0.39, 0.29) is 24.0 Å². The average Bonchev–Trinajstić information content (AvgIpc) is 2.32. The van der Waals surface area contributed by atoms with Gasteiger partial charge in [-0.15, -0.1) is 0 Å². The number of nitrogens with one attached hydrogen (secondary N) is 1. The summed E-state index contributed by atoms with van der Waals surface area (Å²) >= 11 is 7.88. The number of sulfone groups is 1. The molecular formula is C11H13ClINO3S. The summed E-state index contributed by atoms with van der Waals surface area (Å²) in [5.74, 6) is -0.252. The zero-order chi connectivity index (χ0) is 13.8. The maximum atomic E-state index is 11.7. The van der Waals surface area contributed by atoms with Gasteiger partial charge in [0.05, 0.1) is 10.8 Å². The topological polar surface area (TPSA) is 63.2 Å². The van der Waals surface area contributed by atoms with Crippen LogP contribution in [0.3, 0.4) is 0 Å². The summed E-state index contributed by atoms with van der Waals surface area (Å²) in [6.07, 6.45) is 0. The summed E-state index contributed by atoms with van der Waals surface area (Å²) in [5.41, 5.74) is 0.470. The Morgan fingerprint density at radius 2 is 2.11 bits per heavy atom. The lowest BCUT2D eigenvalue weighted by atomic mass is 10.2. The molecule has 100 valence electrons. The van der Waals surface area contributed by atoms with E-state index < -0.39 is 9.84 Å². The van der Waals surface area contributed by atoms with E-state index >= 15 is 0 Å². The van der Waals surface area contributed by atoms with E-state index in [9.17, 15) is 13.2 Å². The standard InChI is InChI=1S/C11H13ClINO3S/c1-2-18(16,17)6-5-14-11(15)8-3-4-9(12)10(13)7-8/h3-4,7H,2,5-6H2,1H3,(H,14,15). The predicted octanol–water partition coefficient (Wildman–Crippen LogP) is 2.11. The number of benzene rings is 1. The van der Waals surface area contributed by atoms with Crippen molar-refractivity contribution >= 4 is 49.9 Å². The van der Waals surface area contributed by atoms with Crippen LogP contribution in [-0.4, -0.2) is 32.4 Å². The van der Waals surface area contributed by atoms with Crippen molar-refractivity contribution in [1.82, 2.24) is 5.32 Å². The van der Waals surface area contributed by atoms with Crippen molar-refractivity contribution in [3.8, 4) is 0 Å². The molecule has 1 aromatic carbocycles. The Bertz CT molecular complexity index is 545. The minimum Gasteiger partial charge on any atom is -0.351 e. The minimum absolute atomic E-state index is 0.0417. The van der Waals surface area contributed by atoms with Gasteiger partial charge < -0.3 is 5.32 Å². The fourth-order valence-corrected chi connectivity index (χ4v) is 2.54. The van der Waals surface area contributed by atoms with Crippen LogP contribution in [0.1, 0.15) is 17.3 Å². The number of amides is 1. The van der Waals surface area contributed by atoms with Gasteiger partial charge in [0.25, 0.3) is 5.91 Å². The number of hydrogen-bond donors (Lipinski definition) is 1. The molecule has 7 heteroatoms. The Balaban J connectivity index is 2.58. The number of hydrogen-bond acceptors (Lipinski definition) is 3. The molecule has 0 aliphatic heterocycles. The molecule has 1 aromatic rings. The van der Waals surface area contributed by atoms with Crippen LogP contribution in [0.5, 0.6) is 0 Å². The molecule has 0 radical (unpaired) electrons. The molecule has 0 saturated carbocycles. The van der Waals surface area contributed by atoms with E-state index in [1.807, 2.05) is 22.6 Å². The van der Waals surface area contributed by atoms with Gasteiger partial charge in [0.1, 0.15) is 0 Å². The van der Waals surface area contributed by atoms with Crippen LogP contribution >= 0.6 is 34.2 Å². The van der Waals surface area contributed by atoms with Gasteiger partial charge in [0, 0.05) is 21.4 Å². The van der Waals surface area contributed by atoms with Crippen molar-refractivity contribution in [2.24, 2.45) is 0 Å². The van der Waals surface area contributed by atoms with Gasteiger partial charge in [-0.2, -0.15) is 0 Å². The second-order valence-corrected chi connectivity index (χ2v) is 7.66. The van der Waals surface area contributed by atoms with Gasteiger partial charge >= 0.3 is 0 Å². The second-order valence-electron chi connectivity index (χ2n) is 3.62. The van der Waals surface area contributed by atoms with Crippen molar-refractivity contribution < 1.29 is 13.2 Å². The Morgan fingerprint density at radius 1 is 1.44 bits per heavy atom. The summed E-state index contributed by atoms with van der Waals surface area (Å²) in [5, 5.41) is 3.16. The largest absolute Gasteiger partial charge is 0.351 e. The maximum Gasteiger partial charge on any atom is 0.251 e. The number of halogens is 2. The fraction of sp³-hybridized carbons (Fsp3) is 0.364. The monoisotopic (exact) mass is 401 g/mol. The van der Waals surface area contributed by atoms with E-state index in [2.05, 4.69) is 5.32 Å². The molecule has 0 aliphatic carbocycles. The third-order valence-corrected chi connectivity index (χ3v) is 5.57. The molecule has 0 bridgehead atoms. The first kappa shape index (κ1) is 15.7. The highest BCUT2D eigenvalue weighted by Crippen LogP contribution is 2.19. The van der Waals surface area contributed by atoms with E-state index in [0.717, 1.165) is 3.57 Å². The van der Waals surface area contributed by atoms with Crippen LogP contribution in [-0.2, 0) is 9.84 Å². The first-order valence-electron chi connectivity index (χ1n) is 5.29. The van der Waals surface area contributed by atoms with Gasteiger partial charge in [0.2, 0.25) is 0 Å². The van der Waals surface area contributed by atoms with E-state index in [1.54, 1.807) is 25.1 Å². The fourth-order valence-electron chi connectivity index (χ4n) is 1.20. The average molecular weight is 402 g/mol. The molecule has 1 amide bonds. The van der Waals surface area contributed by atoms with Crippen molar-refractivity contribution in [1.29, 1.82) is 0 Å². The molecule has 1 rings (SSSR count). The van der Waals surface area contributed by atoms with Crippen molar-refractivity contribution in [2.45, 2.75) is 6.92 Å². The molecule has 4 nitrogen and oxygen atoms in total. The van der Waals surface area contributed by atoms with Crippen LogP contribution in [0, 0.1) is 3.57 Å². The molecule has 18 heavy (non-hydrogen) atoms. The molecular weight excluding hydrogens is 389 g/mol. The van der Waals surface area contributed by atoms with Gasteiger partial charge in [-0.1, -0.05) is 18.5 Å². The summed E-state index contributed by atoms with van der Waals surface area (Å²) in [6, 6.07) is 4.90. The molecule has 0 heterocycles. The summed E-state index contributed by atoms with van der Waals surface area (Å²) in [6.45, 7) is 1.70. The third kappa shape index (κ3) is 4.74. The third-order valence-electron chi connectivity index (χ3n) is 2.32. The zero-order valence-electron chi connectivity index (χ0n) is 9.74. The lowest BCUT2D eigenvalue weighted by Gasteiger charge is -2.06. The SMILES string of the molecule is CCS(=O)(=O)CCNC(=O)c1ccc(Cl)c(I)c1. The van der Waals surface area contributed by atoms with Crippen LogP contribution in [0.4, 0.5) is 0 Å². The number of carbonyl (C=O) groups excluding carboxylic acids is 1. The molecule has 1 N–H and O–H groups in total. The highest BCUT2D eigenvalue weighted by Gasteiger charge is 2.10.